The molecule has 0 aromatic rings. The first-order valence-electron chi connectivity index (χ1n) is 18.8. The molecule has 2 saturated heterocycles. The first-order valence-corrected chi connectivity index (χ1v) is 18.8. The third-order valence-electron chi connectivity index (χ3n) is 16.0. The lowest BCUT2D eigenvalue weighted by atomic mass is 9.41. The number of primary amides is 1. The second-order valence-corrected chi connectivity index (χ2v) is 18.7. The van der Waals surface area contributed by atoms with Gasteiger partial charge in [-0.05, 0) is 97.2 Å². The standard InChI is InChI=1S/C37H58F3N3O6/c1-19(2)27(49-30(41)45)22-14-20(3)26-28(47-22)29(44)34(7)24-9-8-23-32(4,5)25(10-11-35(23)17-36(24,35)13-12-33(26,34)6)48-31(46)42-21-15-43(16-21)18-37(38,39)40/h19-29,44H,8-18H2,1-7H3,(H2,41,45)(H,42,46)/t20-,22?,23+,24?,25?,26+,27?,28?,29+,33?,34-,35?,36?/m1/s1. The molecule has 0 radical (unpaired) electrons. The Hall–Kier alpha value is -1.79. The maximum absolute atomic E-state index is 13.0. The van der Waals surface area contributed by atoms with Crippen molar-refractivity contribution in [3.8, 4) is 0 Å². The molecule has 278 valence electrons. The number of likely N-dealkylation sites (tertiary alicyclic amines) is 1. The summed E-state index contributed by atoms with van der Waals surface area (Å²) in [5.41, 5.74) is 5.05. The molecule has 7 rings (SSSR count). The van der Waals surface area contributed by atoms with Crippen molar-refractivity contribution in [2.24, 2.45) is 62.4 Å². The van der Waals surface area contributed by atoms with E-state index in [-0.39, 0.29) is 82.3 Å². The Morgan fingerprint density at radius 1 is 1.04 bits per heavy atom. The third kappa shape index (κ3) is 5.09. The number of alkyl carbamates (subject to hydrolysis) is 1. The molecular weight excluding hydrogens is 639 g/mol. The molecule has 7 aliphatic rings. The first-order chi connectivity index (χ1) is 22.7. The Kier molecular flexibility index (Phi) is 8.25. The van der Waals surface area contributed by atoms with Crippen LogP contribution >= 0.6 is 0 Å². The molecule has 49 heavy (non-hydrogen) atoms. The molecule has 8 unspecified atom stereocenters. The van der Waals surface area contributed by atoms with E-state index in [0.29, 0.717) is 11.8 Å². The van der Waals surface area contributed by atoms with Gasteiger partial charge in [0.25, 0.3) is 0 Å². The fourth-order valence-electron chi connectivity index (χ4n) is 13.9. The number of nitrogens with zero attached hydrogens (tertiary/aromatic N) is 1. The lowest BCUT2D eigenvalue weighted by Crippen LogP contribution is -2.62. The quantitative estimate of drug-likeness (QED) is 0.300. The van der Waals surface area contributed by atoms with Gasteiger partial charge in [-0.2, -0.15) is 13.2 Å². The van der Waals surface area contributed by atoms with Gasteiger partial charge < -0.3 is 30.4 Å². The highest BCUT2D eigenvalue weighted by Gasteiger charge is 2.84. The Bertz CT molecular complexity index is 1340. The first kappa shape index (κ1) is 35.6. The zero-order chi connectivity index (χ0) is 35.7. The van der Waals surface area contributed by atoms with Crippen LogP contribution in [0, 0.1) is 56.7 Å². The summed E-state index contributed by atoms with van der Waals surface area (Å²) in [6.45, 7) is 14.9. The van der Waals surface area contributed by atoms with Gasteiger partial charge in [0.05, 0.1) is 30.9 Å². The van der Waals surface area contributed by atoms with Crippen molar-refractivity contribution in [3.63, 3.8) is 0 Å². The molecule has 2 heterocycles. The van der Waals surface area contributed by atoms with Crippen LogP contribution in [0.15, 0.2) is 0 Å². The van der Waals surface area contributed by atoms with Crippen LogP contribution in [0.4, 0.5) is 22.8 Å². The fourth-order valence-corrected chi connectivity index (χ4v) is 13.9. The number of halogens is 3. The molecule has 0 aromatic carbocycles. The minimum atomic E-state index is -4.25. The van der Waals surface area contributed by atoms with Crippen LogP contribution in [0.25, 0.3) is 0 Å². The minimum absolute atomic E-state index is 0.0264. The van der Waals surface area contributed by atoms with Crippen molar-refractivity contribution in [1.29, 1.82) is 0 Å². The van der Waals surface area contributed by atoms with Crippen LogP contribution in [0.5, 0.6) is 0 Å². The summed E-state index contributed by atoms with van der Waals surface area (Å²) in [5, 5.41) is 15.3. The number of hydrogen-bond donors (Lipinski definition) is 3. The number of aliphatic hydroxyl groups is 1. The highest BCUT2D eigenvalue weighted by molar-refractivity contribution is 5.68. The number of nitrogens with one attached hydrogen (secondary N) is 1. The zero-order valence-electron chi connectivity index (χ0n) is 30.3. The number of carbonyl (C=O) groups is 2. The topological polar surface area (TPSA) is 123 Å². The predicted octanol–water partition coefficient (Wildman–Crippen LogP) is 6.26. The Balaban J connectivity index is 1.06. The molecule has 9 nitrogen and oxygen atoms in total. The number of ether oxygens (including phenoxy) is 3. The number of rotatable bonds is 6. The summed E-state index contributed by atoms with van der Waals surface area (Å²) >= 11 is 0. The Morgan fingerprint density at radius 3 is 2.33 bits per heavy atom. The second kappa shape index (κ2) is 11.4. The van der Waals surface area contributed by atoms with Gasteiger partial charge >= 0.3 is 18.4 Å². The molecule has 5 saturated carbocycles. The molecule has 13 atom stereocenters. The lowest BCUT2D eigenvalue weighted by molar-refractivity contribution is -0.184. The largest absolute Gasteiger partial charge is 0.446 e. The van der Waals surface area contributed by atoms with Crippen molar-refractivity contribution >= 4 is 12.2 Å². The summed E-state index contributed by atoms with van der Waals surface area (Å²) in [7, 11) is 0. The van der Waals surface area contributed by atoms with Gasteiger partial charge in [-0.3, -0.25) is 4.90 Å². The zero-order valence-corrected chi connectivity index (χ0v) is 30.3. The number of amides is 2. The smallest absolute Gasteiger partial charge is 0.407 e. The van der Waals surface area contributed by atoms with E-state index in [1.54, 1.807) is 0 Å². The van der Waals surface area contributed by atoms with E-state index >= 15 is 0 Å². The van der Waals surface area contributed by atoms with Crippen LogP contribution in [0.3, 0.4) is 0 Å². The Labute approximate surface area is 288 Å². The third-order valence-corrected chi connectivity index (χ3v) is 16.0. The molecule has 0 aromatic heterocycles. The summed E-state index contributed by atoms with van der Waals surface area (Å²) in [6.07, 6.45) is 0.204. The number of alkyl halides is 3. The van der Waals surface area contributed by atoms with Gasteiger partial charge in [-0.15, -0.1) is 0 Å². The van der Waals surface area contributed by atoms with Crippen molar-refractivity contribution in [3.05, 3.63) is 0 Å². The maximum Gasteiger partial charge on any atom is 0.407 e. The molecular formula is C37H58F3N3O6. The van der Waals surface area contributed by atoms with Crippen molar-refractivity contribution in [2.45, 2.75) is 143 Å². The average molecular weight is 698 g/mol. The number of fused-ring (bicyclic) bond motifs is 4. The summed E-state index contributed by atoms with van der Waals surface area (Å²) in [5.74, 6) is 1.23. The SMILES string of the molecule is CC(C)C(OC(N)=O)C1C[C@@H](C)[C@H]2C(O1)[C@H](O)[C@@]1(C)C3CC[C@H]4C(C)(C)C(OC(=O)NC5CN(CC(F)(F)F)C5)CCC45CC35CCC21C. The second-order valence-electron chi connectivity index (χ2n) is 18.7. The van der Waals surface area contributed by atoms with Crippen molar-refractivity contribution in [2.75, 3.05) is 19.6 Å². The summed E-state index contributed by atoms with van der Waals surface area (Å²) < 4.78 is 56.6. The van der Waals surface area contributed by atoms with Gasteiger partial charge in [-0.25, -0.2) is 9.59 Å². The van der Waals surface area contributed by atoms with Crippen molar-refractivity contribution in [1.82, 2.24) is 10.2 Å². The van der Waals surface area contributed by atoms with Gasteiger partial charge in [0.2, 0.25) is 0 Å². The van der Waals surface area contributed by atoms with E-state index < -0.39 is 37.1 Å². The molecule has 7 fully saturated rings. The minimum Gasteiger partial charge on any atom is -0.446 e. The van der Waals surface area contributed by atoms with E-state index in [0.717, 1.165) is 51.4 Å². The summed E-state index contributed by atoms with van der Waals surface area (Å²) in [6, 6.07) is -0.331. The number of carbonyl (C=O) groups excluding carboxylic acids is 2. The summed E-state index contributed by atoms with van der Waals surface area (Å²) in [4.78, 5) is 26.1. The normalized spacial score (nSPS) is 47.8. The van der Waals surface area contributed by atoms with Gasteiger partial charge in [0.15, 0.2) is 0 Å². The van der Waals surface area contributed by atoms with Crippen molar-refractivity contribution < 1.29 is 42.1 Å². The van der Waals surface area contributed by atoms with Crippen LogP contribution in [-0.2, 0) is 14.2 Å². The van der Waals surface area contributed by atoms with Crippen LogP contribution in [0.1, 0.15) is 99.8 Å². The molecule has 2 spiro atoms. The molecule has 2 amide bonds. The van der Waals surface area contributed by atoms with E-state index in [4.69, 9.17) is 19.9 Å². The number of nitrogens with two attached hydrogens (primary N) is 1. The van der Waals surface area contributed by atoms with E-state index in [1.807, 2.05) is 13.8 Å². The van der Waals surface area contributed by atoms with Crippen LogP contribution in [-0.4, -0.2) is 84.6 Å². The molecule has 12 heteroatoms. The van der Waals surface area contributed by atoms with Gasteiger partial charge in [0, 0.05) is 23.9 Å². The highest BCUT2D eigenvalue weighted by atomic mass is 19.4. The van der Waals surface area contributed by atoms with E-state index in [9.17, 15) is 27.9 Å². The molecule has 5 aliphatic carbocycles. The van der Waals surface area contributed by atoms with Crippen LogP contribution < -0.4 is 11.1 Å². The molecule has 0 bridgehead atoms. The highest BCUT2D eigenvalue weighted by Crippen LogP contribution is 2.89. The van der Waals surface area contributed by atoms with E-state index in [1.165, 1.54) is 4.90 Å². The number of aliphatic hydroxyl groups excluding tert-OH is 1. The lowest BCUT2D eigenvalue weighted by Gasteiger charge is -2.63. The maximum atomic E-state index is 13.0. The number of hydrogen-bond acceptors (Lipinski definition) is 7. The van der Waals surface area contributed by atoms with Crippen LogP contribution in [0.2, 0.25) is 0 Å². The van der Waals surface area contributed by atoms with Gasteiger partial charge in [0.1, 0.15) is 12.2 Å². The average Bonchev–Trinajstić information content (AvgIpc) is 3.60. The predicted molar refractivity (Wildman–Crippen MR) is 175 cm³/mol. The molecule has 2 aliphatic heterocycles. The Morgan fingerprint density at radius 2 is 1.69 bits per heavy atom. The monoisotopic (exact) mass is 697 g/mol. The van der Waals surface area contributed by atoms with E-state index in [2.05, 4.69) is 39.9 Å². The molecule has 4 N–H and O–H groups in total. The fraction of sp³-hybridized carbons (Fsp3) is 0.946. The van der Waals surface area contributed by atoms with Gasteiger partial charge in [-0.1, -0.05) is 48.5 Å².